The summed E-state index contributed by atoms with van der Waals surface area (Å²) in [5, 5.41) is 8.68. The summed E-state index contributed by atoms with van der Waals surface area (Å²) in [7, 11) is 0. The lowest BCUT2D eigenvalue weighted by atomic mass is 10.0. The largest absolute Gasteiger partial charge is 0.461 e. The second-order valence-electron chi connectivity index (χ2n) is 6.04. The number of rotatable bonds is 17. The summed E-state index contributed by atoms with van der Waals surface area (Å²) in [6.07, 6.45) is 18.2. The molecule has 0 aliphatic heterocycles. The van der Waals surface area contributed by atoms with Crippen LogP contribution in [0, 0.1) is 0 Å². The summed E-state index contributed by atoms with van der Waals surface area (Å²) in [5.74, 6) is -0.0983. The van der Waals surface area contributed by atoms with Crippen molar-refractivity contribution in [3.63, 3.8) is 0 Å². The molecule has 0 fully saturated rings. The van der Waals surface area contributed by atoms with Crippen molar-refractivity contribution in [1.82, 2.24) is 0 Å². The van der Waals surface area contributed by atoms with Gasteiger partial charge in [0.25, 0.3) is 0 Å². The molecule has 0 aromatic carbocycles. The summed E-state index contributed by atoms with van der Waals surface area (Å²) in [6.45, 7) is 4.20. The average Bonchev–Trinajstić information content (AvgIpc) is 2.53. The van der Waals surface area contributed by atoms with Gasteiger partial charge in [-0.05, 0) is 12.8 Å². The topological polar surface area (TPSA) is 46.5 Å². The van der Waals surface area contributed by atoms with Gasteiger partial charge < -0.3 is 9.84 Å². The Hall–Kier alpha value is -0.830. The van der Waals surface area contributed by atoms with Crippen LogP contribution in [0.2, 0.25) is 0 Å². The Labute approximate surface area is 137 Å². The maximum atomic E-state index is 11.2. The predicted molar refractivity (Wildman–Crippen MR) is 92.9 cm³/mol. The minimum Gasteiger partial charge on any atom is -0.461 e. The highest BCUT2D eigenvalue weighted by atomic mass is 16.5. The summed E-state index contributed by atoms with van der Waals surface area (Å²) < 4.78 is 4.94. The van der Waals surface area contributed by atoms with Gasteiger partial charge in [0, 0.05) is 13.0 Å². The van der Waals surface area contributed by atoms with Crippen LogP contribution in [-0.2, 0) is 9.53 Å². The maximum absolute atomic E-state index is 11.2. The van der Waals surface area contributed by atoms with E-state index >= 15 is 0 Å². The van der Waals surface area contributed by atoms with Crippen LogP contribution in [0.5, 0.6) is 0 Å². The molecule has 0 saturated carbocycles. The molecule has 0 aliphatic carbocycles. The summed E-state index contributed by atoms with van der Waals surface area (Å²) in [4.78, 5) is 11.2. The Bertz CT molecular complexity index is 251. The normalized spacial score (nSPS) is 10.6. The molecule has 0 bridgehead atoms. The highest BCUT2D eigenvalue weighted by Gasteiger charge is 2.00. The summed E-state index contributed by atoms with van der Waals surface area (Å²) >= 11 is 0. The minimum absolute atomic E-state index is 0.0983. The molecule has 3 heteroatoms. The van der Waals surface area contributed by atoms with E-state index < -0.39 is 0 Å². The zero-order chi connectivity index (χ0) is 16.3. The quantitative estimate of drug-likeness (QED) is 0.229. The molecule has 22 heavy (non-hydrogen) atoms. The second kappa shape index (κ2) is 18.2. The van der Waals surface area contributed by atoms with Gasteiger partial charge in [0.15, 0.2) is 0 Å². The SMILES string of the molecule is C=CCOC(=O)CCCCCCCCCCCCCCCO. The Morgan fingerprint density at radius 2 is 1.18 bits per heavy atom. The van der Waals surface area contributed by atoms with E-state index in [-0.39, 0.29) is 5.97 Å². The summed E-state index contributed by atoms with van der Waals surface area (Å²) in [5.41, 5.74) is 0. The van der Waals surface area contributed by atoms with E-state index in [1.165, 1.54) is 64.2 Å². The molecule has 0 aromatic rings. The molecular weight excluding hydrogens is 276 g/mol. The van der Waals surface area contributed by atoms with Gasteiger partial charge >= 0.3 is 5.97 Å². The van der Waals surface area contributed by atoms with Gasteiger partial charge in [0.05, 0.1) is 0 Å². The fourth-order valence-electron chi connectivity index (χ4n) is 2.55. The van der Waals surface area contributed by atoms with E-state index in [2.05, 4.69) is 6.58 Å². The molecule has 3 nitrogen and oxygen atoms in total. The van der Waals surface area contributed by atoms with Gasteiger partial charge in [-0.25, -0.2) is 0 Å². The molecule has 0 saturated heterocycles. The first-order chi connectivity index (χ1) is 10.8. The monoisotopic (exact) mass is 312 g/mol. The van der Waals surface area contributed by atoms with Gasteiger partial charge in [-0.15, -0.1) is 0 Å². The third kappa shape index (κ3) is 17.2. The van der Waals surface area contributed by atoms with Crippen molar-refractivity contribution in [3.05, 3.63) is 12.7 Å². The van der Waals surface area contributed by atoms with Crippen LogP contribution in [0.4, 0.5) is 0 Å². The Kier molecular flexibility index (Phi) is 17.5. The van der Waals surface area contributed by atoms with Crippen LogP contribution in [-0.4, -0.2) is 24.3 Å². The zero-order valence-electron chi connectivity index (χ0n) is 14.4. The number of esters is 1. The van der Waals surface area contributed by atoms with E-state index in [4.69, 9.17) is 9.84 Å². The first-order valence-electron chi connectivity index (χ1n) is 9.18. The number of aliphatic hydroxyl groups is 1. The van der Waals surface area contributed by atoms with Crippen molar-refractivity contribution < 1.29 is 14.6 Å². The van der Waals surface area contributed by atoms with E-state index in [1.54, 1.807) is 6.08 Å². The lowest BCUT2D eigenvalue weighted by Gasteiger charge is -2.03. The predicted octanol–water partition coefficient (Wildman–Crippen LogP) is 5.17. The molecular formula is C19H36O3. The molecule has 0 atom stereocenters. The molecule has 0 aromatic heterocycles. The minimum atomic E-state index is -0.0983. The van der Waals surface area contributed by atoms with E-state index in [0.717, 1.165) is 19.3 Å². The van der Waals surface area contributed by atoms with Crippen molar-refractivity contribution in [2.45, 2.75) is 89.9 Å². The number of hydrogen-bond donors (Lipinski definition) is 1. The van der Waals surface area contributed by atoms with Crippen molar-refractivity contribution in [2.75, 3.05) is 13.2 Å². The fraction of sp³-hybridized carbons (Fsp3) is 0.842. The smallest absolute Gasteiger partial charge is 0.306 e. The summed E-state index contributed by atoms with van der Waals surface area (Å²) in [6, 6.07) is 0. The standard InChI is InChI=1S/C19H36O3/c1-2-18-22-19(21)16-14-12-10-8-6-4-3-5-7-9-11-13-15-17-20/h2,20H,1,3-18H2. The number of aliphatic hydroxyl groups excluding tert-OH is 1. The third-order valence-electron chi connectivity index (χ3n) is 3.90. The average molecular weight is 312 g/mol. The van der Waals surface area contributed by atoms with E-state index in [1.807, 2.05) is 0 Å². The van der Waals surface area contributed by atoms with Gasteiger partial charge in [-0.2, -0.15) is 0 Å². The molecule has 0 rings (SSSR count). The third-order valence-corrected chi connectivity index (χ3v) is 3.90. The van der Waals surface area contributed by atoms with Gasteiger partial charge in [-0.3, -0.25) is 4.79 Å². The number of hydrogen-bond acceptors (Lipinski definition) is 3. The van der Waals surface area contributed by atoms with E-state index in [0.29, 0.717) is 19.6 Å². The number of unbranched alkanes of at least 4 members (excludes halogenated alkanes) is 12. The molecule has 0 aliphatic rings. The first-order valence-corrected chi connectivity index (χ1v) is 9.18. The molecule has 130 valence electrons. The van der Waals surface area contributed by atoms with Crippen molar-refractivity contribution in [3.8, 4) is 0 Å². The molecule has 1 N–H and O–H groups in total. The maximum Gasteiger partial charge on any atom is 0.306 e. The van der Waals surface area contributed by atoms with Crippen LogP contribution in [0.3, 0.4) is 0 Å². The van der Waals surface area contributed by atoms with Crippen molar-refractivity contribution in [2.24, 2.45) is 0 Å². The molecule has 0 radical (unpaired) electrons. The lowest BCUT2D eigenvalue weighted by Crippen LogP contribution is -2.03. The zero-order valence-corrected chi connectivity index (χ0v) is 14.4. The molecule has 0 amide bonds. The molecule has 0 heterocycles. The Morgan fingerprint density at radius 1 is 0.773 bits per heavy atom. The van der Waals surface area contributed by atoms with Gasteiger partial charge in [-0.1, -0.05) is 83.3 Å². The van der Waals surface area contributed by atoms with Gasteiger partial charge in [0.1, 0.15) is 6.61 Å². The lowest BCUT2D eigenvalue weighted by molar-refractivity contribution is -0.142. The van der Waals surface area contributed by atoms with Crippen LogP contribution in [0.1, 0.15) is 89.9 Å². The van der Waals surface area contributed by atoms with E-state index in [9.17, 15) is 4.79 Å². The van der Waals surface area contributed by atoms with Gasteiger partial charge in [0.2, 0.25) is 0 Å². The number of carbonyl (C=O) groups is 1. The molecule has 0 unspecified atom stereocenters. The van der Waals surface area contributed by atoms with Crippen molar-refractivity contribution >= 4 is 5.97 Å². The van der Waals surface area contributed by atoms with Crippen molar-refractivity contribution in [1.29, 1.82) is 0 Å². The second-order valence-corrected chi connectivity index (χ2v) is 6.04. The number of carbonyl (C=O) groups excluding carboxylic acids is 1. The highest BCUT2D eigenvalue weighted by molar-refractivity contribution is 5.69. The number of ether oxygens (including phenoxy) is 1. The van der Waals surface area contributed by atoms with Crippen LogP contribution in [0.25, 0.3) is 0 Å². The van der Waals surface area contributed by atoms with Crippen LogP contribution in [0.15, 0.2) is 12.7 Å². The Balaban J connectivity index is 3.05. The first kappa shape index (κ1) is 21.2. The highest BCUT2D eigenvalue weighted by Crippen LogP contribution is 2.13. The van der Waals surface area contributed by atoms with Crippen LogP contribution < -0.4 is 0 Å². The fourth-order valence-corrected chi connectivity index (χ4v) is 2.55. The molecule has 0 spiro atoms. The Morgan fingerprint density at radius 3 is 1.59 bits per heavy atom. The van der Waals surface area contributed by atoms with Crippen LogP contribution >= 0.6 is 0 Å².